The van der Waals surface area contributed by atoms with Gasteiger partial charge in [0.25, 0.3) is 5.91 Å². The highest BCUT2D eigenvalue weighted by Gasteiger charge is 2.15. The molecule has 0 fully saturated rings. The van der Waals surface area contributed by atoms with Gasteiger partial charge in [0.2, 0.25) is 0 Å². The highest BCUT2D eigenvalue weighted by molar-refractivity contribution is 5.95. The average molecular weight is 181 g/mol. The lowest BCUT2D eigenvalue weighted by Crippen LogP contribution is -2.30. The minimum Gasteiger partial charge on any atom is -0.469 e. The summed E-state index contributed by atoms with van der Waals surface area (Å²) in [5, 5.41) is 0. The van der Waals surface area contributed by atoms with Gasteiger partial charge in [-0.2, -0.15) is 0 Å². The number of furan rings is 1. The van der Waals surface area contributed by atoms with Crippen LogP contribution in [0.1, 0.15) is 30.0 Å². The molecule has 0 saturated carbocycles. The lowest BCUT2D eigenvalue weighted by molar-refractivity contribution is 0.0771. The van der Waals surface area contributed by atoms with Crippen molar-refractivity contribution in [1.82, 2.24) is 4.90 Å². The highest BCUT2D eigenvalue weighted by atomic mass is 16.3. The molecule has 0 aliphatic rings. The number of hydrogen-bond acceptors (Lipinski definition) is 2. The fraction of sp³-hybridized carbons (Fsp3) is 0.500. The van der Waals surface area contributed by atoms with Crippen LogP contribution in [0.5, 0.6) is 0 Å². The molecule has 0 radical (unpaired) electrons. The first kappa shape index (κ1) is 9.84. The molecule has 0 N–H and O–H groups in total. The molecule has 0 aliphatic heterocycles. The van der Waals surface area contributed by atoms with Gasteiger partial charge in [0.1, 0.15) is 5.76 Å². The standard InChI is InChI=1S/C10H15NO2/c1-4-11(5-2)10(12)9-6-7-13-8(9)3/h6-7H,4-5H2,1-3H3. The van der Waals surface area contributed by atoms with E-state index >= 15 is 0 Å². The van der Waals surface area contributed by atoms with Gasteiger partial charge in [-0.1, -0.05) is 0 Å². The third-order valence-electron chi connectivity index (χ3n) is 2.14. The Morgan fingerprint density at radius 3 is 2.46 bits per heavy atom. The summed E-state index contributed by atoms with van der Waals surface area (Å²) in [4.78, 5) is 13.5. The van der Waals surface area contributed by atoms with Gasteiger partial charge < -0.3 is 9.32 Å². The number of hydrogen-bond donors (Lipinski definition) is 0. The second kappa shape index (κ2) is 4.12. The minimum atomic E-state index is 0.0521. The van der Waals surface area contributed by atoms with Crippen LogP contribution in [0.4, 0.5) is 0 Å². The van der Waals surface area contributed by atoms with Crippen LogP contribution in [0.2, 0.25) is 0 Å². The van der Waals surface area contributed by atoms with E-state index in [4.69, 9.17) is 4.42 Å². The number of carbonyl (C=O) groups excluding carboxylic acids is 1. The third kappa shape index (κ3) is 1.91. The number of rotatable bonds is 3. The van der Waals surface area contributed by atoms with Crippen molar-refractivity contribution in [2.24, 2.45) is 0 Å². The van der Waals surface area contributed by atoms with Crippen molar-refractivity contribution in [1.29, 1.82) is 0 Å². The zero-order valence-corrected chi connectivity index (χ0v) is 8.33. The SMILES string of the molecule is CCN(CC)C(=O)c1ccoc1C. The summed E-state index contributed by atoms with van der Waals surface area (Å²) in [5.74, 6) is 0.744. The molecular formula is C10H15NO2. The maximum absolute atomic E-state index is 11.8. The maximum Gasteiger partial charge on any atom is 0.257 e. The first-order valence-corrected chi connectivity index (χ1v) is 4.54. The van der Waals surface area contributed by atoms with Crippen molar-refractivity contribution in [2.45, 2.75) is 20.8 Å². The fourth-order valence-electron chi connectivity index (χ4n) is 1.29. The van der Waals surface area contributed by atoms with Gasteiger partial charge in [-0.3, -0.25) is 4.79 Å². The Kier molecular flexibility index (Phi) is 3.12. The van der Waals surface area contributed by atoms with Gasteiger partial charge in [-0.15, -0.1) is 0 Å². The van der Waals surface area contributed by atoms with Crippen LogP contribution in [0, 0.1) is 6.92 Å². The molecule has 0 aliphatic carbocycles. The molecule has 13 heavy (non-hydrogen) atoms. The van der Waals surface area contributed by atoms with E-state index in [1.807, 2.05) is 13.8 Å². The predicted molar refractivity (Wildman–Crippen MR) is 50.7 cm³/mol. The monoisotopic (exact) mass is 181 g/mol. The number of amides is 1. The molecule has 1 aromatic rings. The van der Waals surface area contributed by atoms with Crippen molar-refractivity contribution in [3.8, 4) is 0 Å². The van der Waals surface area contributed by atoms with E-state index in [9.17, 15) is 4.79 Å². The van der Waals surface area contributed by atoms with Crippen LogP contribution in [0.15, 0.2) is 16.7 Å². The van der Waals surface area contributed by atoms with E-state index in [-0.39, 0.29) is 5.91 Å². The molecule has 0 spiro atoms. The van der Waals surface area contributed by atoms with Gasteiger partial charge in [-0.25, -0.2) is 0 Å². The summed E-state index contributed by atoms with van der Waals surface area (Å²) in [5.41, 5.74) is 0.670. The normalized spacial score (nSPS) is 10.1. The second-order valence-electron chi connectivity index (χ2n) is 2.87. The van der Waals surface area contributed by atoms with E-state index in [1.54, 1.807) is 24.2 Å². The number of nitrogens with zero attached hydrogens (tertiary/aromatic N) is 1. The first-order valence-electron chi connectivity index (χ1n) is 4.54. The maximum atomic E-state index is 11.8. The van der Waals surface area contributed by atoms with E-state index in [0.717, 1.165) is 13.1 Å². The Bertz CT molecular complexity index is 287. The topological polar surface area (TPSA) is 33.5 Å². The molecule has 1 aromatic heterocycles. The van der Waals surface area contributed by atoms with E-state index < -0.39 is 0 Å². The molecule has 3 heteroatoms. The second-order valence-corrected chi connectivity index (χ2v) is 2.87. The highest BCUT2D eigenvalue weighted by Crippen LogP contribution is 2.11. The minimum absolute atomic E-state index is 0.0521. The van der Waals surface area contributed by atoms with Crippen molar-refractivity contribution in [3.05, 3.63) is 23.7 Å². The Morgan fingerprint density at radius 2 is 2.08 bits per heavy atom. The molecule has 0 atom stereocenters. The largest absolute Gasteiger partial charge is 0.469 e. The summed E-state index contributed by atoms with van der Waals surface area (Å²) < 4.78 is 5.08. The summed E-state index contributed by atoms with van der Waals surface area (Å²) in [7, 11) is 0. The van der Waals surface area contributed by atoms with Crippen molar-refractivity contribution in [2.75, 3.05) is 13.1 Å². The van der Waals surface area contributed by atoms with Gasteiger partial charge >= 0.3 is 0 Å². The van der Waals surface area contributed by atoms with Crippen molar-refractivity contribution in [3.63, 3.8) is 0 Å². The van der Waals surface area contributed by atoms with E-state index in [1.165, 1.54) is 0 Å². The van der Waals surface area contributed by atoms with Gasteiger partial charge in [-0.05, 0) is 26.8 Å². The van der Waals surface area contributed by atoms with Gasteiger partial charge in [0, 0.05) is 13.1 Å². The lowest BCUT2D eigenvalue weighted by Gasteiger charge is -2.17. The fourth-order valence-corrected chi connectivity index (χ4v) is 1.29. The average Bonchev–Trinajstić information content (AvgIpc) is 2.53. The third-order valence-corrected chi connectivity index (χ3v) is 2.14. The van der Waals surface area contributed by atoms with Crippen LogP contribution < -0.4 is 0 Å². The molecule has 1 heterocycles. The lowest BCUT2D eigenvalue weighted by atomic mass is 10.2. The summed E-state index contributed by atoms with van der Waals surface area (Å²) >= 11 is 0. The summed E-state index contributed by atoms with van der Waals surface area (Å²) in [6.07, 6.45) is 1.55. The van der Waals surface area contributed by atoms with Crippen LogP contribution >= 0.6 is 0 Å². The zero-order valence-electron chi connectivity index (χ0n) is 8.33. The molecule has 3 nitrogen and oxygen atoms in total. The Balaban J connectivity index is 2.84. The first-order chi connectivity index (χ1) is 6.20. The molecule has 1 rings (SSSR count). The predicted octanol–water partition coefficient (Wildman–Crippen LogP) is 2.07. The molecule has 0 saturated heterocycles. The van der Waals surface area contributed by atoms with E-state index in [2.05, 4.69) is 0 Å². The van der Waals surface area contributed by atoms with Crippen molar-refractivity contribution >= 4 is 5.91 Å². The number of aryl methyl sites for hydroxylation is 1. The Morgan fingerprint density at radius 1 is 1.46 bits per heavy atom. The van der Waals surface area contributed by atoms with Crippen molar-refractivity contribution < 1.29 is 9.21 Å². The summed E-state index contributed by atoms with van der Waals surface area (Å²) in [6.45, 7) is 7.21. The van der Waals surface area contributed by atoms with Crippen LogP contribution in [0.25, 0.3) is 0 Å². The van der Waals surface area contributed by atoms with Crippen LogP contribution in [0.3, 0.4) is 0 Å². The molecule has 1 amide bonds. The Labute approximate surface area is 78.3 Å². The van der Waals surface area contributed by atoms with Crippen LogP contribution in [-0.4, -0.2) is 23.9 Å². The zero-order chi connectivity index (χ0) is 9.84. The van der Waals surface area contributed by atoms with E-state index in [0.29, 0.717) is 11.3 Å². The number of carbonyl (C=O) groups is 1. The van der Waals surface area contributed by atoms with Gasteiger partial charge in [0.15, 0.2) is 0 Å². The molecule has 0 unspecified atom stereocenters. The summed E-state index contributed by atoms with van der Waals surface area (Å²) in [6, 6.07) is 1.72. The molecule has 72 valence electrons. The van der Waals surface area contributed by atoms with Crippen LogP contribution in [-0.2, 0) is 0 Å². The molecule has 0 aromatic carbocycles. The molecule has 0 bridgehead atoms. The van der Waals surface area contributed by atoms with Gasteiger partial charge in [0.05, 0.1) is 11.8 Å². The Hall–Kier alpha value is -1.25. The quantitative estimate of drug-likeness (QED) is 0.715. The smallest absolute Gasteiger partial charge is 0.257 e. The molecular weight excluding hydrogens is 166 g/mol.